The van der Waals surface area contributed by atoms with E-state index in [4.69, 9.17) is 0 Å². The second-order valence-electron chi connectivity index (χ2n) is 10.8. The van der Waals surface area contributed by atoms with E-state index in [0.29, 0.717) is 0 Å². The predicted molar refractivity (Wildman–Crippen MR) is 122 cm³/mol. The summed E-state index contributed by atoms with van der Waals surface area (Å²) in [5, 5.41) is 0. The van der Waals surface area contributed by atoms with Gasteiger partial charge in [0.25, 0.3) is 0 Å². The van der Waals surface area contributed by atoms with E-state index in [1.165, 1.54) is 77.0 Å². The number of allylic oxidation sites excluding steroid dienone is 8. The third-order valence-electron chi connectivity index (χ3n) is 7.54. The van der Waals surface area contributed by atoms with Gasteiger partial charge in [-0.1, -0.05) is 51.0 Å². The van der Waals surface area contributed by atoms with Crippen molar-refractivity contribution in [2.45, 2.75) is 105 Å². The lowest BCUT2D eigenvalue weighted by atomic mass is 9.82. The number of hydrogen-bond acceptors (Lipinski definition) is 0. The van der Waals surface area contributed by atoms with Crippen LogP contribution in [0.2, 0.25) is 0 Å². The maximum Gasteiger partial charge on any atom is -0.00110 e. The molecular weight excluding hydrogens is 336 g/mol. The molecule has 2 atom stereocenters. The first-order valence-electron chi connectivity index (χ1n) is 12.4. The fourth-order valence-corrected chi connectivity index (χ4v) is 6.40. The van der Waals surface area contributed by atoms with Crippen LogP contribution in [0.4, 0.5) is 0 Å². The van der Waals surface area contributed by atoms with E-state index in [2.05, 4.69) is 39.8 Å². The van der Waals surface area contributed by atoms with Gasteiger partial charge < -0.3 is 0 Å². The molecule has 0 N–H and O–H groups in total. The lowest BCUT2D eigenvalue weighted by molar-refractivity contribution is 0.507. The molecule has 2 fully saturated rings. The van der Waals surface area contributed by atoms with E-state index in [0.717, 1.165) is 23.7 Å². The molecule has 4 aliphatic rings. The Balaban J connectivity index is 1.50. The SMILES string of the molecule is CC(C)CC1=C2CCCCC2=CC1CCC1C=C2CCCCC2=C1CC(C)C. The summed E-state index contributed by atoms with van der Waals surface area (Å²) < 4.78 is 0. The number of rotatable bonds is 7. The van der Waals surface area contributed by atoms with Crippen molar-refractivity contribution >= 4 is 0 Å². The summed E-state index contributed by atoms with van der Waals surface area (Å²) in [6, 6.07) is 0. The Morgan fingerprint density at radius 1 is 0.643 bits per heavy atom. The molecule has 0 bridgehead atoms. The van der Waals surface area contributed by atoms with Gasteiger partial charge in [-0.05, 0) is 123 Å². The van der Waals surface area contributed by atoms with Crippen LogP contribution in [-0.2, 0) is 0 Å². The van der Waals surface area contributed by atoms with Crippen molar-refractivity contribution in [2.24, 2.45) is 23.7 Å². The molecule has 4 rings (SSSR count). The van der Waals surface area contributed by atoms with Gasteiger partial charge in [-0.25, -0.2) is 0 Å². The number of fused-ring (bicyclic) bond motifs is 2. The van der Waals surface area contributed by atoms with E-state index in [9.17, 15) is 0 Å². The van der Waals surface area contributed by atoms with Crippen molar-refractivity contribution in [3.8, 4) is 0 Å². The Kier molecular flexibility index (Phi) is 6.34. The van der Waals surface area contributed by atoms with Gasteiger partial charge in [-0.15, -0.1) is 0 Å². The zero-order valence-corrected chi connectivity index (χ0v) is 18.9. The Morgan fingerprint density at radius 2 is 1.04 bits per heavy atom. The molecule has 0 spiro atoms. The van der Waals surface area contributed by atoms with Crippen LogP contribution in [0.5, 0.6) is 0 Å². The first-order chi connectivity index (χ1) is 13.5. The van der Waals surface area contributed by atoms with E-state index >= 15 is 0 Å². The van der Waals surface area contributed by atoms with Gasteiger partial charge in [0, 0.05) is 0 Å². The minimum atomic E-state index is 0.747. The minimum Gasteiger partial charge on any atom is -0.0738 e. The standard InChI is InChI=1S/C28H42/c1-19(2)15-27-23(17-21-9-5-7-11-25(21)27)13-14-24-18-22-10-6-8-12-26(22)28(24)16-20(3)4/h17-20,23-24H,5-16H2,1-4H3. The second-order valence-corrected chi connectivity index (χ2v) is 10.8. The molecule has 0 amide bonds. The monoisotopic (exact) mass is 378 g/mol. The molecule has 2 unspecified atom stereocenters. The Labute approximate surface area is 174 Å². The highest BCUT2D eigenvalue weighted by molar-refractivity contribution is 5.48. The third-order valence-corrected chi connectivity index (χ3v) is 7.54. The van der Waals surface area contributed by atoms with Gasteiger partial charge in [-0.3, -0.25) is 0 Å². The average molecular weight is 379 g/mol. The smallest absolute Gasteiger partial charge is 0.00110 e. The fraction of sp³-hybridized carbons (Fsp3) is 0.714. The highest BCUT2D eigenvalue weighted by Gasteiger charge is 2.31. The first kappa shape index (κ1) is 20.2. The summed E-state index contributed by atoms with van der Waals surface area (Å²) in [5.41, 5.74) is 10.8. The van der Waals surface area contributed by atoms with Crippen LogP contribution >= 0.6 is 0 Å². The van der Waals surface area contributed by atoms with Crippen molar-refractivity contribution in [3.63, 3.8) is 0 Å². The van der Waals surface area contributed by atoms with Crippen LogP contribution in [0.25, 0.3) is 0 Å². The van der Waals surface area contributed by atoms with Crippen LogP contribution < -0.4 is 0 Å². The Bertz CT molecular complexity index is 644. The maximum absolute atomic E-state index is 2.70. The Hall–Kier alpha value is -1.04. The van der Waals surface area contributed by atoms with Crippen LogP contribution in [0.1, 0.15) is 105 Å². The molecule has 2 saturated carbocycles. The topological polar surface area (TPSA) is 0 Å². The highest BCUT2D eigenvalue weighted by atomic mass is 14.4. The summed E-state index contributed by atoms with van der Waals surface area (Å²) in [5.74, 6) is 3.07. The van der Waals surface area contributed by atoms with Crippen LogP contribution in [0, 0.1) is 23.7 Å². The van der Waals surface area contributed by atoms with E-state index < -0.39 is 0 Å². The molecule has 154 valence electrons. The summed E-state index contributed by atoms with van der Waals surface area (Å²) in [7, 11) is 0. The first-order valence-corrected chi connectivity index (χ1v) is 12.4. The van der Waals surface area contributed by atoms with Crippen molar-refractivity contribution in [3.05, 3.63) is 45.6 Å². The Morgan fingerprint density at radius 3 is 1.43 bits per heavy atom. The quantitative estimate of drug-likeness (QED) is 0.415. The van der Waals surface area contributed by atoms with Crippen LogP contribution in [0.3, 0.4) is 0 Å². The minimum absolute atomic E-state index is 0.747. The number of hydrogen-bond donors (Lipinski definition) is 0. The van der Waals surface area contributed by atoms with Crippen LogP contribution in [-0.4, -0.2) is 0 Å². The molecule has 4 aliphatic carbocycles. The molecule has 0 nitrogen and oxygen atoms in total. The van der Waals surface area contributed by atoms with Crippen molar-refractivity contribution < 1.29 is 0 Å². The molecule has 28 heavy (non-hydrogen) atoms. The summed E-state index contributed by atoms with van der Waals surface area (Å²) >= 11 is 0. The normalized spacial score (nSPS) is 27.5. The summed E-state index contributed by atoms with van der Waals surface area (Å²) in [4.78, 5) is 0. The molecule has 0 aromatic heterocycles. The largest absolute Gasteiger partial charge is 0.0738 e. The lowest BCUT2D eigenvalue weighted by Crippen LogP contribution is -2.09. The van der Waals surface area contributed by atoms with Gasteiger partial charge in [0.05, 0.1) is 0 Å². The van der Waals surface area contributed by atoms with Gasteiger partial charge in [0.15, 0.2) is 0 Å². The molecule has 0 heterocycles. The maximum atomic E-state index is 2.70. The zero-order chi connectivity index (χ0) is 19.7. The van der Waals surface area contributed by atoms with E-state index in [1.54, 1.807) is 22.3 Å². The second kappa shape index (κ2) is 8.76. The molecular formula is C28H42. The van der Waals surface area contributed by atoms with Gasteiger partial charge in [0.1, 0.15) is 0 Å². The van der Waals surface area contributed by atoms with E-state index in [1.807, 2.05) is 11.1 Å². The van der Waals surface area contributed by atoms with Crippen molar-refractivity contribution in [1.29, 1.82) is 0 Å². The predicted octanol–water partition coefficient (Wildman–Crippen LogP) is 8.71. The summed E-state index contributed by atoms with van der Waals surface area (Å²) in [6.45, 7) is 9.62. The molecule has 0 aromatic carbocycles. The molecule has 0 saturated heterocycles. The van der Waals surface area contributed by atoms with Crippen LogP contribution in [0.15, 0.2) is 45.6 Å². The molecule has 0 radical (unpaired) electrons. The fourth-order valence-electron chi connectivity index (χ4n) is 6.40. The molecule has 0 heteroatoms. The zero-order valence-electron chi connectivity index (χ0n) is 18.9. The van der Waals surface area contributed by atoms with Gasteiger partial charge >= 0.3 is 0 Å². The van der Waals surface area contributed by atoms with Gasteiger partial charge in [-0.2, -0.15) is 0 Å². The van der Waals surface area contributed by atoms with Crippen molar-refractivity contribution in [2.75, 3.05) is 0 Å². The van der Waals surface area contributed by atoms with E-state index in [-0.39, 0.29) is 0 Å². The molecule has 0 aromatic rings. The molecule has 0 aliphatic heterocycles. The van der Waals surface area contributed by atoms with Gasteiger partial charge in [0.2, 0.25) is 0 Å². The summed E-state index contributed by atoms with van der Waals surface area (Å²) in [6.07, 6.45) is 21.9. The highest BCUT2D eigenvalue weighted by Crippen LogP contribution is 2.47. The third kappa shape index (κ3) is 4.27. The average Bonchev–Trinajstić information content (AvgIpc) is 3.18. The van der Waals surface area contributed by atoms with Crippen molar-refractivity contribution in [1.82, 2.24) is 0 Å². The lowest BCUT2D eigenvalue weighted by Gasteiger charge is -2.23.